The summed E-state index contributed by atoms with van der Waals surface area (Å²) < 4.78 is 26.6. The van der Waals surface area contributed by atoms with Crippen molar-refractivity contribution in [1.29, 1.82) is 0 Å². The highest BCUT2D eigenvalue weighted by Gasteiger charge is 2.30. The van der Waals surface area contributed by atoms with Gasteiger partial charge >= 0.3 is 6.03 Å². The Balaban J connectivity index is 1.77. The maximum Gasteiger partial charge on any atom is 0.321 e. The Hall–Kier alpha value is -1.97. The lowest BCUT2D eigenvalue weighted by Crippen LogP contribution is -3.15. The highest BCUT2D eigenvalue weighted by Crippen LogP contribution is 2.10. The smallest absolute Gasteiger partial charge is 0.321 e. The van der Waals surface area contributed by atoms with Crippen molar-refractivity contribution in [2.24, 2.45) is 0 Å². The first-order valence-electron chi connectivity index (χ1n) is 9.26. The van der Waals surface area contributed by atoms with Gasteiger partial charge in [-0.15, -0.1) is 0 Å². The molecule has 0 saturated carbocycles. The van der Waals surface area contributed by atoms with Crippen LogP contribution in [0.25, 0.3) is 0 Å². The molecule has 0 aromatic heterocycles. The molecule has 150 valence electrons. The largest absolute Gasteiger partial charge is 0.335 e. The molecule has 3 N–H and O–H groups in total. The van der Waals surface area contributed by atoms with E-state index in [0.717, 1.165) is 16.9 Å². The number of nitrogens with zero attached hydrogens (tertiary/aromatic N) is 1. The molecule has 27 heavy (non-hydrogen) atoms. The molecule has 1 aliphatic heterocycles. The van der Waals surface area contributed by atoms with Gasteiger partial charge in [-0.05, 0) is 18.9 Å². The van der Waals surface area contributed by atoms with Crippen molar-refractivity contribution in [3.63, 3.8) is 0 Å². The van der Waals surface area contributed by atoms with Crippen LogP contribution in [0, 0.1) is 0 Å². The van der Waals surface area contributed by atoms with E-state index >= 15 is 0 Å². The Labute approximate surface area is 161 Å². The first-order chi connectivity index (χ1) is 12.8. The third-order valence-electron chi connectivity index (χ3n) is 4.67. The Kier molecular flexibility index (Phi) is 7.76. The molecule has 1 heterocycles. The van der Waals surface area contributed by atoms with Crippen LogP contribution in [-0.4, -0.2) is 63.4 Å². The van der Waals surface area contributed by atoms with Gasteiger partial charge in [-0.25, -0.2) is 13.2 Å². The SMILES string of the molecule is CC[C@H](C)NC(=O)NC(=O)C[NH+]1CCN(S(=O)(=O)Cc2ccccc2)CC1. The van der Waals surface area contributed by atoms with E-state index in [0.29, 0.717) is 26.2 Å². The van der Waals surface area contributed by atoms with Crippen molar-refractivity contribution in [3.05, 3.63) is 35.9 Å². The van der Waals surface area contributed by atoms with Gasteiger partial charge in [-0.3, -0.25) is 10.1 Å². The highest BCUT2D eigenvalue weighted by molar-refractivity contribution is 7.88. The van der Waals surface area contributed by atoms with E-state index in [2.05, 4.69) is 10.6 Å². The number of hydrogen-bond acceptors (Lipinski definition) is 4. The van der Waals surface area contributed by atoms with Crippen LogP contribution in [0.1, 0.15) is 25.8 Å². The summed E-state index contributed by atoms with van der Waals surface area (Å²) in [7, 11) is -3.37. The molecule has 3 amide bonds. The van der Waals surface area contributed by atoms with Crippen molar-refractivity contribution in [3.8, 4) is 0 Å². The van der Waals surface area contributed by atoms with Gasteiger partial charge in [0.1, 0.15) is 0 Å². The number of imide groups is 1. The van der Waals surface area contributed by atoms with Gasteiger partial charge in [0.25, 0.3) is 5.91 Å². The fourth-order valence-corrected chi connectivity index (χ4v) is 4.43. The number of sulfonamides is 1. The Bertz CT molecular complexity index is 731. The molecular weight excluding hydrogens is 368 g/mol. The van der Waals surface area contributed by atoms with E-state index in [1.165, 1.54) is 4.31 Å². The number of nitrogens with one attached hydrogen (secondary N) is 3. The average Bonchev–Trinajstić information content (AvgIpc) is 2.62. The molecule has 8 nitrogen and oxygen atoms in total. The second kappa shape index (κ2) is 9.82. The van der Waals surface area contributed by atoms with Crippen molar-refractivity contribution < 1.29 is 22.9 Å². The minimum Gasteiger partial charge on any atom is -0.335 e. The van der Waals surface area contributed by atoms with Crippen LogP contribution in [-0.2, 0) is 20.6 Å². The predicted octanol–water partition coefficient (Wildman–Crippen LogP) is -0.659. The van der Waals surface area contributed by atoms with E-state index < -0.39 is 16.1 Å². The monoisotopic (exact) mass is 397 g/mol. The maximum atomic E-state index is 12.5. The van der Waals surface area contributed by atoms with Crippen molar-refractivity contribution >= 4 is 22.0 Å². The summed E-state index contributed by atoms with van der Waals surface area (Å²) in [5, 5.41) is 5.01. The van der Waals surface area contributed by atoms with Gasteiger partial charge in [0.15, 0.2) is 6.54 Å². The molecule has 1 fully saturated rings. The average molecular weight is 398 g/mol. The van der Waals surface area contributed by atoms with Crippen LogP contribution in [0.3, 0.4) is 0 Å². The normalized spacial score (nSPS) is 17.3. The van der Waals surface area contributed by atoms with Crippen molar-refractivity contribution in [1.82, 2.24) is 14.9 Å². The van der Waals surface area contributed by atoms with Crippen LogP contribution >= 0.6 is 0 Å². The molecular formula is C18H29N4O4S+. The zero-order valence-corrected chi connectivity index (χ0v) is 16.7. The minimum absolute atomic E-state index is 0.00325. The van der Waals surface area contributed by atoms with Gasteiger partial charge in [0.2, 0.25) is 10.0 Å². The van der Waals surface area contributed by atoms with Gasteiger partial charge in [0, 0.05) is 6.04 Å². The molecule has 1 aliphatic rings. The third-order valence-corrected chi connectivity index (χ3v) is 6.52. The summed E-state index contributed by atoms with van der Waals surface area (Å²) in [5.74, 6) is -0.370. The molecule has 2 rings (SSSR count). The predicted molar refractivity (Wildman–Crippen MR) is 103 cm³/mol. The molecule has 0 aliphatic carbocycles. The summed E-state index contributed by atoms with van der Waals surface area (Å²) in [4.78, 5) is 24.6. The quantitative estimate of drug-likeness (QED) is 0.569. The molecule has 1 aromatic rings. The number of benzene rings is 1. The fourth-order valence-electron chi connectivity index (χ4n) is 2.89. The van der Waals surface area contributed by atoms with E-state index in [1.54, 1.807) is 12.1 Å². The highest BCUT2D eigenvalue weighted by atomic mass is 32.2. The number of urea groups is 1. The molecule has 0 spiro atoms. The summed E-state index contributed by atoms with van der Waals surface area (Å²) >= 11 is 0. The molecule has 0 unspecified atom stereocenters. The molecule has 0 bridgehead atoms. The van der Waals surface area contributed by atoms with Gasteiger partial charge in [0.05, 0.1) is 31.9 Å². The van der Waals surface area contributed by atoms with E-state index in [9.17, 15) is 18.0 Å². The van der Waals surface area contributed by atoms with Crippen LogP contribution in [0.15, 0.2) is 30.3 Å². The lowest BCUT2D eigenvalue weighted by atomic mass is 10.2. The van der Waals surface area contributed by atoms with Crippen LogP contribution < -0.4 is 15.5 Å². The lowest BCUT2D eigenvalue weighted by molar-refractivity contribution is -0.895. The first-order valence-corrected chi connectivity index (χ1v) is 10.9. The van der Waals surface area contributed by atoms with Gasteiger partial charge in [-0.2, -0.15) is 4.31 Å². The topological polar surface area (TPSA) is 100 Å². The summed E-state index contributed by atoms with van der Waals surface area (Å²) in [6, 6.07) is 8.61. The fraction of sp³-hybridized carbons (Fsp3) is 0.556. The molecule has 9 heteroatoms. The number of rotatable bonds is 7. The van der Waals surface area contributed by atoms with Gasteiger partial charge in [-0.1, -0.05) is 37.3 Å². The second-order valence-electron chi connectivity index (χ2n) is 6.90. The molecule has 0 radical (unpaired) electrons. The molecule has 1 aromatic carbocycles. The zero-order valence-electron chi connectivity index (χ0n) is 15.9. The molecule has 1 atom stereocenters. The Morgan fingerprint density at radius 1 is 1.19 bits per heavy atom. The summed E-state index contributed by atoms with van der Waals surface area (Å²) in [5.41, 5.74) is 0.763. The van der Waals surface area contributed by atoms with Crippen LogP contribution in [0.2, 0.25) is 0 Å². The number of piperazine rings is 1. The number of amides is 3. The number of carbonyl (C=O) groups excluding carboxylic acids is 2. The first kappa shape index (κ1) is 21.3. The molecule has 1 saturated heterocycles. The third kappa shape index (κ3) is 6.93. The Morgan fingerprint density at radius 2 is 1.81 bits per heavy atom. The number of quaternary nitrogens is 1. The standard InChI is InChI=1S/C18H28N4O4S/c1-3-15(2)19-18(24)20-17(23)13-21-9-11-22(12-10-21)27(25,26)14-16-7-5-4-6-8-16/h4-8,15H,3,9-14H2,1-2H3,(H2,19,20,23,24)/p+1/t15-/m0/s1. The van der Waals surface area contributed by atoms with Gasteiger partial charge < -0.3 is 10.2 Å². The lowest BCUT2D eigenvalue weighted by Gasteiger charge is -2.31. The number of hydrogen-bond donors (Lipinski definition) is 3. The van der Waals surface area contributed by atoms with E-state index in [1.807, 2.05) is 32.0 Å². The van der Waals surface area contributed by atoms with Crippen LogP contribution in [0.4, 0.5) is 4.79 Å². The second-order valence-corrected chi connectivity index (χ2v) is 8.87. The van der Waals surface area contributed by atoms with Crippen molar-refractivity contribution in [2.75, 3.05) is 32.7 Å². The van der Waals surface area contributed by atoms with Crippen molar-refractivity contribution in [2.45, 2.75) is 32.1 Å². The zero-order chi connectivity index (χ0) is 19.9. The van der Waals surface area contributed by atoms with E-state index in [4.69, 9.17) is 0 Å². The summed E-state index contributed by atoms with van der Waals surface area (Å²) in [6.07, 6.45) is 0.784. The van der Waals surface area contributed by atoms with E-state index in [-0.39, 0.29) is 24.2 Å². The van der Waals surface area contributed by atoms with Crippen LogP contribution in [0.5, 0.6) is 0 Å². The minimum atomic E-state index is -3.37. The number of carbonyl (C=O) groups is 2. The summed E-state index contributed by atoms with van der Waals surface area (Å²) in [6.45, 7) is 5.78. The maximum absolute atomic E-state index is 12.5. The Morgan fingerprint density at radius 3 is 2.41 bits per heavy atom.